The largest absolute Gasteiger partial charge is 0.496 e. The summed E-state index contributed by atoms with van der Waals surface area (Å²) in [5, 5.41) is 13.5. The number of rotatable bonds is 4. The lowest BCUT2D eigenvalue weighted by atomic mass is 9.88. The number of hydrogen-bond acceptors (Lipinski definition) is 4. The van der Waals surface area contributed by atoms with E-state index >= 15 is 0 Å². The summed E-state index contributed by atoms with van der Waals surface area (Å²) >= 11 is 6.01. The van der Waals surface area contributed by atoms with E-state index in [0.29, 0.717) is 0 Å². The highest BCUT2D eigenvalue weighted by Gasteiger charge is 2.47. The van der Waals surface area contributed by atoms with Crippen molar-refractivity contribution < 1.29 is 23.8 Å². The van der Waals surface area contributed by atoms with Gasteiger partial charge in [-0.2, -0.15) is 0 Å². The van der Waals surface area contributed by atoms with Gasteiger partial charge < -0.3 is 15.2 Å². The van der Waals surface area contributed by atoms with Gasteiger partial charge in [-0.1, -0.05) is 23.7 Å². The van der Waals surface area contributed by atoms with E-state index in [-0.39, 0.29) is 27.6 Å². The minimum absolute atomic E-state index is 0.0355. The number of nitrogens with one attached hydrogen (secondary N) is 1. The van der Waals surface area contributed by atoms with E-state index in [1.54, 1.807) is 12.1 Å². The fourth-order valence-electron chi connectivity index (χ4n) is 2.73. The maximum Gasteiger partial charge on any atom is 0.261 e. The van der Waals surface area contributed by atoms with Gasteiger partial charge in [0.25, 0.3) is 5.91 Å². The number of para-hydroxylation sites is 1. The molecular weight excluding hydrogens is 337 g/mol. The zero-order valence-electron chi connectivity index (χ0n) is 12.6. The third kappa shape index (κ3) is 2.53. The van der Waals surface area contributed by atoms with Crippen LogP contribution in [0.25, 0.3) is 0 Å². The molecule has 0 saturated heterocycles. The van der Waals surface area contributed by atoms with E-state index in [9.17, 15) is 19.1 Å². The van der Waals surface area contributed by atoms with Crippen LogP contribution < -0.4 is 10.1 Å². The third-order valence-electron chi connectivity index (χ3n) is 3.95. The SMILES string of the molecule is COc1cc(F)ccc1C(=O)C[C@@]1(O)C(=O)Nc2c(Cl)cccc21. The Morgan fingerprint density at radius 3 is 2.83 bits per heavy atom. The van der Waals surface area contributed by atoms with Crippen molar-refractivity contribution in [2.24, 2.45) is 0 Å². The number of aliphatic hydroxyl groups is 1. The van der Waals surface area contributed by atoms with Crippen LogP contribution in [-0.4, -0.2) is 23.9 Å². The second kappa shape index (κ2) is 5.89. The van der Waals surface area contributed by atoms with Crippen molar-refractivity contribution >= 4 is 29.0 Å². The number of anilines is 1. The number of fused-ring (bicyclic) bond motifs is 1. The van der Waals surface area contributed by atoms with Crippen molar-refractivity contribution in [2.75, 3.05) is 12.4 Å². The van der Waals surface area contributed by atoms with Crippen molar-refractivity contribution in [3.8, 4) is 5.75 Å². The molecule has 0 fully saturated rings. The van der Waals surface area contributed by atoms with Gasteiger partial charge in [0.05, 0.1) is 29.8 Å². The molecule has 0 unspecified atom stereocenters. The molecule has 3 rings (SSSR count). The number of ether oxygens (including phenoxy) is 1. The Hall–Kier alpha value is -2.44. The quantitative estimate of drug-likeness (QED) is 0.832. The average Bonchev–Trinajstić information content (AvgIpc) is 2.80. The van der Waals surface area contributed by atoms with Crippen LogP contribution in [0.4, 0.5) is 10.1 Å². The van der Waals surface area contributed by atoms with E-state index < -0.39 is 29.5 Å². The molecule has 7 heteroatoms. The van der Waals surface area contributed by atoms with E-state index in [2.05, 4.69) is 5.32 Å². The molecule has 2 N–H and O–H groups in total. The predicted octanol–water partition coefficient (Wildman–Crippen LogP) is 2.90. The van der Waals surface area contributed by atoms with Gasteiger partial charge >= 0.3 is 0 Å². The molecule has 0 spiro atoms. The molecule has 2 aromatic carbocycles. The van der Waals surface area contributed by atoms with E-state index in [4.69, 9.17) is 16.3 Å². The van der Waals surface area contributed by atoms with E-state index in [1.807, 2.05) is 0 Å². The van der Waals surface area contributed by atoms with E-state index in [0.717, 1.165) is 12.1 Å². The summed E-state index contributed by atoms with van der Waals surface area (Å²) in [5.74, 6) is -1.82. The van der Waals surface area contributed by atoms with Crippen molar-refractivity contribution in [1.82, 2.24) is 0 Å². The number of Topliss-reactive ketones (excluding diaryl/α,β-unsaturated/α-hetero) is 1. The van der Waals surface area contributed by atoms with Crippen molar-refractivity contribution in [3.63, 3.8) is 0 Å². The highest BCUT2D eigenvalue weighted by atomic mass is 35.5. The molecule has 0 bridgehead atoms. The second-order valence-corrected chi connectivity index (χ2v) is 5.83. The van der Waals surface area contributed by atoms with E-state index in [1.165, 1.54) is 19.2 Å². The Morgan fingerprint density at radius 1 is 1.38 bits per heavy atom. The molecule has 24 heavy (non-hydrogen) atoms. The molecule has 5 nitrogen and oxygen atoms in total. The number of benzene rings is 2. The topological polar surface area (TPSA) is 75.6 Å². The van der Waals surface area contributed by atoms with Gasteiger partial charge in [0.15, 0.2) is 11.4 Å². The predicted molar refractivity (Wildman–Crippen MR) is 85.9 cm³/mol. The number of methoxy groups -OCH3 is 1. The maximum atomic E-state index is 13.3. The Morgan fingerprint density at radius 2 is 2.12 bits per heavy atom. The highest BCUT2D eigenvalue weighted by Crippen LogP contribution is 2.42. The molecule has 2 aromatic rings. The van der Waals surface area contributed by atoms with Gasteiger partial charge in [-0.25, -0.2) is 4.39 Å². The number of carbonyl (C=O) groups excluding carboxylic acids is 2. The molecule has 0 aromatic heterocycles. The summed E-state index contributed by atoms with van der Waals surface area (Å²) in [6, 6.07) is 8.10. The summed E-state index contributed by atoms with van der Waals surface area (Å²) in [7, 11) is 1.30. The number of hydrogen-bond donors (Lipinski definition) is 2. The van der Waals surface area contributed by atoms with Crippen molar-refractivity contribution in [1.29, 1.82) is 0 Å². The summed E-state index contributed by atoms with van der Waals surface area (Å²) < 4.78 is 18.3. The fourth-order valence-corrected chi connectivity index (χ4v) is 2.96. The minimum atomic E-state index is -2.04. The molecule has 1 atom stereocenters. The molecule has 0 radical (unpaired) electrons. The lowest BCUT2D eigenvalue weighted by Gasteiger charge is -2.20. The zero-order valence-corrected chi connectivity index (χ0v) is 13.4. The van der Waals surface area contributed by atoms with Crippen LogP contribution >= 0.6 is 11.6 Å². The van der Waals surface area contributed by atoms with Crippen LogP contribution in [0.5, 0.6) is 5.75 Å². The van der Waals surface area contributed by atoms with Crippen LogP contribution in [-0.2, 0) is 10.4 Å². The number of halogens is 2. The smallest absolute Gasteiger partial charge is 0.261 e. The third-order valence-corrected chi connectivity index (χ3v) is 4.27. The lowest BCUT2D eigenvalue weighted by molar-refractivity contribution is -0.133. The zero-order chi connectivity index (χ0) is 17.5. The summed E-state index contributed by atoms with van der Waals surface area (Å²) in [5.41, 5.74) is -1.45. The van der Waals surface area contributed by atoms with Gasteiger partial charge in [-0.3, -0.25) is 9.59 Å². The van der Waals surface area contributed by atoms with Crippen molar-refractivity contribution in [3.05, 3.63) is 58.4 Å². The van der Waals surface area contributed by atoms with Gasteiger partial charge in [-0.05, 0) is 18.2 Å². The molecule has 0 aliphatic carbocycles. The molecule has 0 saturated carbocycles. The van der Waals surface area contributed by atoms with Crippen LogP contribution in [0, 0.1) is 5.82 Å². The summed E-state index contributed by atoms with van der Waals surface area (Å²) in [4.78, 5) is 24.8. The second-order valence-electron chi connectivity index (χ2n) is 5.42. The number of carbonyl (C=O) groups is 2. The molecule has 124 valence electrons. The van der Waals surface area contributed by atoms with Crippen LogP contribution in [0.15, 0.2) is 36.4 Å². The minimum Gasteiger partial charge on any atom is -0.496 e. The molecule has 1 aliphatic rings. The summed E-state index contributed by atoms with van der Waals surface area (Å²) in [6.07, 6.45) is -0.520. The first-order valence-electron chi connectivity index (χ1n) is 7.06. The first kappa shape index (κ1) is 16.4. The van der Waals surface area contributed by atoms with Crippen LogP contribution in [0.3, 0.4) is 0 Å². The molecule has 1 aliphatic heterocycles. The van der Waals surface area contributed by atoms with Crippen molar-refractivity contribution in [2.45, 2.75) is 12.0 Å². The van der Waals surface area contributed by atoms with Crippen LogP contribution in [0.2, 0.25) is 5.02 Å². The van der Waals surface area contributed by atoms with Gasteiger partial charge in [-0.15, -0.1) is 0 Å². The normalized spacial score (nSPS) is 18.9. The fraction of sp³-hybridized carbons (Fsp3) is 0.176. The van der Waals surface area contributed by atoms with Gasteiger partial charge in [0.1, 0.15) is 11.6 Å². The Balaban J connectivity index is 1.98. The number of amides is 1. The highest BCUT2D eigenvalue weighted by molar-refractivity contribution is 6.34. The molecule has 1 amide bonds. The van der Waals surface area contributed by atoms with Crippen LogP contribution in [0.1, 0.15) is 22.3 Å². The van der Waals surface area contributed by atoms with Gasteiger partial charge in [0, 0.05) is 11.6 Å². The maximum absolute atomic E-state index is 13.3. The number of ketones is 1. The Kier molecular flexibility index (Phi) is 4.03. The Bertz CT molecular complexity index is 854. The monoisotopic (exact) mass is 349 g/mol. The average molecular weight is 350 g/mol. The molecule has 1 heterocycles. The Labute approximate surface area is 142 Å². The molecular formula is C17H13ClFNO4. The first-order valence-corrected chi connectivity index (χ1v) is 7.44. The first-order chi connectivity index (χ1) is 11.4. The summed E-state index contributed by atoms with van der Waals surface area (Å²) in [6.45, 7) is 0. The standard InChI is InChI=1S/C17H13ClFNO4/c1-24-14-7-9(19)5-6-10(14)13(21)8-17(23)11-3-2-4-12(18)15(11)20-16(17)22/h2-7,23H,8H2,1H3,(H,20,22)/t17-/m0/s1. The van der Waals surface area contributed by atoms with Gasteiger partial charge in [0.2, 0.25) is 0 Å². The lowest BCUT2D eigenvalue weighted by Crippen LogP contribution is -2.36.